The fourth-order valence-corrected chi connectivity index (χ4v) is 4.02. The summed E-state index contributed by atoms with van der Waals surface area (Å²) in [7, 11) is 0. The van der Waals surface area contributed by atoms with Gasteiger partial charge in [-0.05, 0) is 17.7 Å². The van der Waals surface area contributed by atoms with E-state index in [2.05, 4.69) is 0 Å². The third-order valence-corrected chi connectivity index (χ3v) is 5.26. The molecule has 5 rings (SSSR count). The molecule has 134 valence electrons. The van der Waals surface area contributed by atoms with Crippen LogP contribution in [0, 0.1) is 0 Å². The highest BCUT2D eigenvalue weighted by Crippen LogP contribution is 2.46. The summed E-state index contributed by atoms with van der Waals surface area (Å²) < 4.78 is 11.4. The number of ketones is 2. The molecule has 27 heavy (non-hydrogen) atoms. The Morgan fingerprint density at radius 2 is 1.48 bits per heavy atom. The van der Waals surface area contributed by atoms with E-state index < -0.39 is 24.3 Å². The zero-order valence-electron chi connectivity index (χ0n) is 14.2. The zero-order chi connectivity index (χ0) is 18.7. The molecule has 2 N–H and O–H groups in total. The Bertz CT molecular complexity index is 1040. The first kappa shape index (κ1) is 16.0. The number of esters is 1. The number of benzene rings is 2. The number of hydrogen-bond donors (Lipinski definition) is 1. The van der Waals surface area contributed by atoms with Crippen LogP contribution in [0.25, 0.3) is 0 Å². The summed E-state index contributed by atoms with van der Waals surface area (Å²) >= 11 is 0. The number of carbonyl (C=O) groups excluding carboxylic acids is 3. The maximum Gasteiger partial charge on any atom is 0.309 e. The summed E-state index contributed by atoms with van der Waals surface area (Å²) in [5.74, 6) is -0.994. The van der Waals surface area contributed by atoms with Crippen LogP contribution in [0.15, 0.2) is 59.7 Å². The molecular weight excluding hydrogens is 346 g/mol. The average Bonchev–Trinajstić information content (AvgIpc) is 3.05. The van der Waals surface area contributed by atoms with Crippen molar-refractivity contribution in [3.63, 3.8) is 0 Å². The van der Waals surface area contributed by atoms with E-state index >= 15 is 0 Å². The lowest BCUT2D eigenvalue weighted by atomic mass is 9.76. The molecule has 1 saturated heterocycles. The standard InChI is InChI=1S/C21H15NO5/c22-11-7-5-10(6-8-11)20-16-17(21-14(26-20)9-15(23)27-21)19(25)13-4-2-1-3-12(13)18(16)24/h1-8,14,20-21H,9,22H2/t14-,20+,21+/m1/s1. The van der Waals surface area contributed by atoms with Gasteiger partial charge in [-0.3, -0.25) is 14.4 Å². The van der Waals surface area contributed by atoms with Crippen LogP contribution in [0.5, 0.6) is 0 Å². The van der Waals surface area contributed by atoms with Crippen LogP contribution < -0.4 is 5.73 Å². The zero-order valence-corrected chi connectivity index (χ0v) is 14.2. The number of nitrogens with two attached hydrogens (primary N) is 1. The molecule has 2 heterocycles. The normalized spacial score (nSPS) is 26.4. The smallest absolute Gasteiger partial charge is 0.309 e. The molecule has 0 saturated carbocycles. The SMILES string of the molecule is Nc1ccc([C@@H]2O[C@@H]3CC(=O)O[C@@H]3C3=C2C(=O)c2ccccc2C3=O)cc1. The van der Waals surface area contributed by atoms with E-state index in [1.165, 1.54) is 0 Å². The first-order valence-corrected chi connectivity index (χ1v) is 8.67. The van der Waals surface area contributed by atoms with E-state index in [1.807, 2.05) is 0 Å². The summed E-state index contributed by atoms with van der Waals surface area (Å²) in [5.41, 5.74) is 8.21. The predicted molar refractivity (Wildman–Crippen MR) is 95.1 cm³/mol. The molecule has 2 aromatic carbocycles. The predicted octanol–water partition coefficient (Wildman–Crippen LogP) is 2.40. The molecule has 3 atom stereocenters. The third kappa shape index (κ3) is 2.27. The van der Waals surface area contributed by atoms with Crippen LogP contribution in [0.2, 0.25) is 0 Å². The molecule has 2 aromatic rings. The highest BCUT2D eigenvalue weighted by Gasteiger charge is 2.52. The van der Waals surface area contributed by atoms with Crippen molar-refractivity contribution in [1.82, 2.24) is 0 Å². The lowest BCUT2D eigenvalue weighted by molar-refractivity contribution is -0.140. The number of nitrogen functional groups attached to an aromatic ring is 1. The first-order valence-electron chi connectivity index (χ1n) is 8.67. The van der Waals surface area contributed by atoms with E-state index in [-0.39, 0.29) is 29.1 Å². The molecule has 0 spiro atoms. The largest absolute Gasteiger partial charge is 0.454 e. The minimum atomic E-state index is -0.845. The van der Waals surface area contributed by atoms with Gasteiger partial charge in [0.15, 0.2) is 17.7 Å². The Balaban J connectivity index is 1.73. The average molecular weight is 361 g/mol. The van der Waals surface area contributed by atoms with Gasteiger partial charge in [-0.15, -0.1) is 0 Å². The highest BCUT2D eigenvalue weighted by atomic mass is 16.6. The summed E-state index contributed by atoms with van der Waals surface area (Å²) in [6.45, 7) is 0. The van der Waals surface area contributed by atoms with Gasteiger partial charge in [0.1, 0.15) is 12.2 Å². The number of ether oxygens (including phenoxy) is 2. The quantitative estimate of drug-likeness (QED) is 0.619. The Morgan fingerprint density at radius 1 is 0.852 bits per heavy atom. The van der Waals surface area contributed by atoms with Crippen molar-refractivity contribution in [1.29, 1.82) is 0 Å². The third-order valence-electron chi connectivity index (χ3n) is 5.26. The highest BCUT2D eigenvalue weighted by molar-refractivity contribution is 6.28. The Morgan fingerprint density at radius 3 is 2.15 bits per heavy atom. The molecule has 0 bridgehead atoms. The van der Waals surface area contributed by atoms with E-state index in [0.29, 0.717) is 22.4 Å². The minimum absolute atomic E-state index is 0.0516. The molecule has 6 nitrogen and oxygen atoms in total. The van der Waals surface area contributed by atoms with E-state index in [4.69, 9.17) is 15.2 Å². The summed E-state index contributed by atoms with van der Waals surface area (Å²) in [6.07, 6.45) is -2.14. The Labute approximate surface area is 154 Å². The van der Waals surface area contributed by atoms with Gasteiger partial charge in [-0.1, -0.05) is 36.4 Å². The summed E-state index contributed by atoms with van der Waals surface area (Å²) in [6, 6.07) is 13.6. The molecule has 2 aliphatic heterocycles. The maximum atomic E-state index is 13.3. The molecule has 3 aliphatic rings. The number of rotatable bonds is 1. The molecule has 1 fully saturated rings. The van der Waals surface area contributed by atoms with Crippen molar-refractivity contribution in [2.75, 3.05) is 5.73 Å². The maximum absolute atomic E-state index is 13.3. The van der Waals surface area contributed by atoms with Gasteiger partial charge >= 0.3 is 5.97 Å². The molecule has 0 amide bonds. The topological polar surface area (TPSA) is 95.7 Å². The fourth-order valence-electron chi connectivity index (χ4n) is 4.02. The van der Waals surface area contributed by atoms with Gasteiger partial charge in [0.05, 0.1) is 12.0 Å². The van der Waals surface area contributed by atoms with Gasteiger partial charge < -0.3 is 15.2 Å². The fraction of sp³-hybridized carbons (Fsp3) is 0.190. The van der Waals surface area contributed by atoms with Gasteiger partial charge in [-0.2, -0.15) is 0 Å². The lowest BCUT2D eigenvalue weighted by Crippen LogP contribution is -2.42. The van der Waals surface area contributed by atoms with E-state index in [9.17, 15) is 14.4 Å². The summed E-state index contributed by atoms with van der Waals surface area (Å²) in [5, 5.41) is 0. The van der Waals surface area contributed by atoms with Crippen LogP contribution in [-0.2, 0) is 14.3 Å². The number of hydrogen-bond acceptors (Lipinski definition) is 6. The van der Waals surface area contributed by atoms with Gasteiger partial charge in [0.2, 0.25) is 0 Å². The second kappa shape index (κ2) is 5.62. The van der Waals surface area contributed by atoms with Crippen molar-refractivity contribution in [3.05, 3.63) is 76.4 Å². The second-order valence-corrected chi connectivity index (χ2v) is 6.87. The van der Waals surface area contributed by atoms with Crippen LogP contribution in [-0.4, -0.2) is 29.7 Å². The molecule has 0 aromatic heterocycles. The Kier molecular flexibility index (Phi) is 3.32. The second-order valence-electron chi connectivity index (χ2n) is 6.87. The van der Waals surface area contributed by atoms with Crippen molar-refractivity contribution in [2.24, 2.45) is 0 Å². The Hall–Kier alpha value is -3.25. The van der Waals surface area contributed by atoms with Crippen molar-refractivity contribution < 1.29 is 23.9 Å². The molecule has 1 aliphatic carbocycles. The van der Waals surface area contributed by atoms with Crippen molar-refractivity contribution in [2.45, 2.75) is 24.7 Å². The molecule has 0 unspecified atom stereocenters. The van der Waals surface area contributed by atoms with Crippen LogP contribution >= 0.6 is 0 Å². The number of Topliss-reactive ketones (excluding diaryl/α,β-unsaturated/α-hetero) is 2. The van der Waals surface area contributed by atoms with E-state index in [0.717, 1.165) is 0 Å². The van der Waals surface area contributed by atoms with E-state index in [1.54, 1.807) is 48.5 Å². The lowest BCUT2D eigenvalue weighted by Gasteiger charge is -2.36. The van der Waals surface area contributed by atoms with Crippen LogP contribution in [0.3, 0.4) is 0 Å². The van der Waals surface area contributed by atoms with Gasteiger partial charge in [0.25, 0.3) is 0 Å². The van der Waals surface area contributed by atoms with Crippen molar-refractivity contribution in [3.8, 4) is 0 Å². The summed E-state index contributed by atoms with van der Waals surface area (Å²) in [4.78, 5) is 38.3. The minimum Gasteiger partial charge on any atom is -0.454 e. The van der Waals surface area contributed by atoms with Gasteiger partial charge in [-0.25, -0.2) is 0 Å². The monoisotopic (exact) mass is 361 g/mol. The molecule has 6 heteroatoms. The number of carbonyl (C=O) groups is 3. The number of anilines is 1. The molecule has 0 radical (unpaired) electrons. The van der Waals surface area contributed by atoms with Crippen LogP contribution in [0.4, 0.5) is 5.69 Å². The molecular formula is C21H15NO5. The van der Waals surface area contributed by atoms with Crippen LogP contribution in [0.1, 0.15) is 38.8 Å². The van der Waals surface area contributed by atoms with Crippen molar-refractivity contribution >= 4 is 23.2 Å². The number of fused-ring (bicyclic) bond motifs is 3. The first-order chi connectivity index (χ1) is 13.0. The van der Waals surface area contributed by atoms with Gasteiger partial charge in [0, 0.05) is 22.4 Å².